The molecule has 5 nitrogen and oxygen atoms in total. The summed E-state index contributed by atoms with van der Waals surface area (Å²) < 4.78 is 27.2. The van der Waals surface area contributed by atoms with E-state index < -0.39 is 10.2 Å². The maximum Gasteiger partial charge on any atom is 0.346 e. The maximum atomic E-state index is 11.4. The first kappa shape index (κ1) is 11.2. The van der Waals surface area contributed by atoms with Gasteiger partial charge in [-0.1, -0.05) is 13.3 Å². The molecule has 1 rings (SSSR count). The van der Waals surface area contributed by atoms with Crippen LogP contribution in [-0.4, -0.2) is 30.9 Å². The smallest absolute Gasteiger partial charge is 0.273 e. The largest absolute Gasteiger partial charge is 0.346 e. The summed E-state index contributed by atoms with van der Waals surface area (Å²) in [5, 5.41) is 0. The van der Waals surface area contributed by atoms with Gasteiger partial charge in [0.1, 0.15) is 0 Å². The topological polar surface area (TPSA) is 66.8 Å². The first-order valence-electron chi connectivity index (χ1n) is 4.58. The van der Waals surface area contributed by atoms with Gasteiger partial charge in [-0.25, -0.2) is 4.31 Å². The van der Waals surface area contributed by atoms with Crippen LogP contribution in [0.25, 0.3) is 0 Å². The highest BCUT2D eigenvalue weighted by Crippen LogP contribution is 2.14. The third-order valence-corrected chi connectivity index (χ3v) is 3.44. The van der Waals surface area contributed by atoms with Gasteiger partial charge in [-0.15, -0.1) is 0 Å². The SMILES string of the molecule is CCCCN1C(=O)CC(C)=NS1(=O)=O. The molecule has 0 aliphatic carbocycles. The predicted octanol–water partition coefficient (Wildman–Crippen LogP) is 0.725. The average molecular weight is 218 g/mol. The lowest BCUT2D eigenvalue weighted by atomic mass is 10.2. The molecule has 0 aromatic carbocycles. The first-order chi connectivity index (χ1) is 6.47. The second kappa shape index (κ2) is 4.08. The van der Waals surface area contributed by atoms with Gasteiger partial charge in [-0.3, -0.25) is 4.79 Å². The van der Waals surface area contributed by atoms with Crippen LogP contribution in [0.1, 0.15) is 33.1 Å². The molecule has 0 radical (unpaired) electrons. The molecule has 0 aromatic rings. The lowest BCUT2D eigenvalue weighted by Crippen LogP contribution is -2.40. The predicted molar refractivity (Wildman–Crippen MR) is 53.3 cm³/mol. The standard InChI is InChI=1S/C8H14N2O3S/c1-3-4-5-10-8(11)6-7(2)9-14(10,12)13/h3-6H2,1-2H3. The van der Waals surface area contributed by atoms with Crippen molar-refractivity contribution in [1.82, 2.24) is 4.31 Å². The summed E-state index contributed by atoms with van der Waals surface area (Å²) in [4.78, 5) is 11.4. The summed E-state index contributed by atoms with van der Waals surface area (Å²) >= 11 is 0. The van der Waals surface area contributed by atoms with Crippen LogP contribution in [0.2, 0.25) is 0 Å². The molecule has 6 heteroatoms. The van der Waals surface area contributed by atoms with Gasteiger partial charge in [0.25, 0.3) is 0 Å². The van der Waals surface area contributed by atoms with Gasteiger partial charge in [0.05, 0.1) is 6.42 Å². The van der Waals surface area contributed by atoms with Crippen molar-refractivity contribution in [3.63, 3.8) is 0 Å². The maximum absolute atomic E-state index is 11.4. The molecule has 0 N–H and O–H groups in total. The minimum absolute atomic E-state index is 0.114. The molecule has 0 spiro atoms. The lowest BCUT2D eigenvalue weighted by molar-refractivity contribution is -0.125. The van der Waals surface area contributed by atoms with Gasteiger partial charge in [0.2, 0.25) is 5.91 Å². The molecule has 0 bridgehead atoms. The van der Waals surface area contributed by atoms with Crippen LogP contribution >= 0.6 is 0 Å². The lowest BCUT2D eigenvalue weighted by Gasteiger charge is -2.23. The van der Waals surface area contributed by atoms with Crippen LogP contribution in [0.15, 0.2) is 4.40 Å². The first-order valence-corrected chi connectivity index (χ1v) is 5.98. The fourth-order valence-electron chi connectivity index (χ4n) is 1.26. The van der Waals surface area contributed by atoms with Crippen molar-refractivity contribution in [3.8, 4) is 0 Å². The Labute approximate surface area is 84.0 Å². The number of rotatable bonds is 3. The molecule has 1 heterocycles. The van der Waals surface area contributed by atoms with E-state index in [2.05, 4.69) is 4.40 Å². The van der Waals surface area contributed by atoms with Gasteiger partial charge < -0.3 is 0 Å². The number of hydrogen-bond donors (Lipinski definition) is 0. The monoisotopic (exact) mass is 218 g/mol. The third-order valence-electron chi connectivity index (χ3n) is 1.95. The zero-order valence-corrected chi connectivity index (χ0v) is 9.17. The second-order valence-corrected chi connectivity index (χ2v) is 4.82. The summed E-state index contributed by atoms with van der Waals surface area (Å²) in [6.07, 6.45) is 1.64. The fourth-order valence-corrected chi connectivity index (χ4v) is 2.49. The van der Waals surface area contributed by atoms with Gasteiger partial charge >= 0.3 is 10.2 Å². The van der Waals surface area contributed by atoms with Crippen LogP contribution in [0.3, 0.4) is 0 Å². The molecular formula is C8H14N2O3S. The van der Waals surface area contributed by atoms with Crippen molar-refractivity contribution in [2.75, 3.05) is 6.54 Å². The molecule has 0 fully saturated rings. The van der Waals surface area contributed by atoms with Crippen molar-refractivity contribution >= 4 is 21.8 Å². The molecule has 80 valence electrons. The van der Waals surface area contributed by atoms with E-state index in [0.717, 1.165) is 10.7 Å². The van der Waals surface area contributed by atoms with Crippen molar-refractivity contribution < 1.29 is 13.2 Å². The number of unbranched alkanes of at least 4 members (excludes halogenated alkanes) is 1. The number of nitrogens with zero attached hydrogens (tertiary/aromatic N) is 2. The van der Waals surface area contributed by atoms with Crippen molar-refractivity contribution in [2.45, 2.75) is 33.1 Å². The molecular weight excluding hydrogens is 204 g/mol. The fraction of sp³-hybridized carbons (Fsp3) is 0.750. The van der Waals surface area contributed by atoms with E-state index in [-0.39, 0.29) is 18.9 Å². The zero-order chi connectivity index (χ0) is 10.8. The summed E-state index contributed by atoms with van der Waals surface area (Å²) in [6, 6.07) is 0. The van der Waals surface area contributed by atoms with Crippen molar-refractivity contribution in [1.29, 1.82) is 0 Å². The summed E-state index contributed by atoms with van der Waals surface area (Å²) in [6.45, 7) is 3.73. The van der Waals surface area contributed by atoms with Crippen LogP contribution < -0.4 is 0 Å². The third kappa shape index (κ3) is 2.31. The van der Waals surface area contributed by atoms with E-state index in [1.807, 2.05) is 6.92 Å². The van der Waals surface area contributed by atoms with Gasteiger partial charge in [0, 0.05) is 12.3 Å². The Bertz CT molecular complexity index is 359. The molecule has 0 saturated carbocycles. The average Bonchev–Trinajstić information content (AvgIpc) is 2.00. The number of hydrogen-bond acceptors (Lipinski definition) is 3. The van der Waals surface area contributed by atoms with Crippen molar-refractivity contribution in [3.05, 3.63) is 0 Å². The van der Waals surface area contributed by atoms with E-state index >= 15 is 0 Å². The van der Waals surface area contributed by atoms with Gasteiger partial charge in [0.15, 0.2) is 0 Å². The molecule has 0 saturated heterocycles. The quantitative estimate of drug-likeness (QED) is 0.701. The number of carbonyl (C=O) groups is 1. The summed E-state index contributed by atoms with van der Waals surface area (Å²) in [5.41, 5.74) is 0.364. The minimum Gasteiger partial charge on any atom is -0.273 e. The van der Waals surface area contributed by atoms with Gasteiger partial charge in [-0.05, 0) is 13.3 Å². The second-order valence-electron chi connectivity index (χ2n) is 3.30. The minimum atomic E-state index is -3.72. The highest BCUT2D eigenvalue weighted by atomic mass is 32.2. The normalized spacial score (nSPS) is 20.9. The van der Waals surface area contributed by atoms with Crippen LogP contribution in [-0.2, 0) is 15.0 Å². The van der Waals surface area contributed by atoms with E-state index in [1.54, 1.807) is 6.92 Å². The highest BCUT2D eigenvalue weighted by Gasteiger charge is 2.30. The number of carbonyl (C=O) groups excluding carboxylic acids is 1. The highest BCUT2D eigenvalue weighted by molar-refractivity contribution is 7.88. The van der Waals surface area contributed by atoms with E-state index in [0.29, 0.717) is 12.1 Å². The molecule has 0 unspecified atom stereocenters. The Balaban J connectivity index is 2.89. The molecule has 0 atom stereocenters. The van der Waals surface area contributed by atoms with Crippen LogP contribution in [0.4, 0.5) is 0 Å². The Morgan fingerprint density at radius 1 is 1.50 bits per heavy atom. The van der Waals surface area contributed by atoms with E-state index in [9.17, 15) is 13.2 Å². The van der Waals surface area contributed by atoms with Crippen LogP contribution in [0, 0.1) is 0 Å². The van der Waals surface area contributed by atoms with E-state index in [1.165, 1.54) is 0 Å². The number of amides is 1. The van der Waals surface area contributed by atoms with Gasteiger partial charge in [-0.2, -0.15) is 12.8 Å². The van der Waals surface area contributed by atoms with Crippen LogP contribution in [0.5, 0.6) is 0 Å². The Kier molecular flexibility index (Phi) is 3.25. The molecule has 0 aromatic heterocycles. The Hall–Kier alpha value is -0.910. The summed E-state index contributed by atoms with van der Waals surface area (Å²) in [7, 11) is -3.72. The van der Waals surface area contributed by atoms with Crippen molar-refractivity contribution in [2.24, 2.45) is 4.40 Å². The van der Waals surface area contributed by atoms with E-state index in [4.69, 9.17) is 0 Å². The Morgan fingerprint density at radius 2 is 2.14 bits per heavy atom. The zero-order valence-electron chi connectivity index (χ0n) is 8.36. The Morgan fingerprint density at radius 3 is 2.64 bits per heavy atom. The molecule has 1 aliphatic rings. The summed E-state index contributed by atoms with van der Waals surface area (Å²) in [5.74, 6) is -0.369. The molecule has 1 aliphatic heterocycles. The molecule has 14 heavy (non-hydrogen) atoms. The molecule has 1 amide bonds.